The lowest BCUT2D eigenvalue weighted by atomic mass is 10.1. The second kappa shape index (κ2) is 6.26. The molecule has 0 saturated carbocycles. The third-order valence-corrected chi connectivity index (χ3v) is 2.46. The van der Waals surface area contributed by atoms with Crippen LogP contribution in [0.3, 0.4) is 0 Å². The van der Waals surface area contributed by atoms with Gasteiger partial charge in [-0.1, -0.05) is 19.9 Å². The van der Waals surface area contributed by atoms with Crippen LogP contribution in [0.15, 0.2) is 18.2 Å². The Morgan fingerprint density at radius 1 is 1.39 bits per heavy atom. The van der Waals surface area contributed by atoms with Crippen LogP contribution in [0.25, 0.3) is 0 Å². The molecule has 18 heavy (non-hydrogen) atoms. The van der Waals surface area contributed by atoms with Gasteiger partial charge in [-0.3, -0.25) is 9.63 Å². The monoisotopic (exact) mass is 252 g/mol. The third-order valence-electron chi connectivity index (χ3n) is 2.46. The predicted octanol–water partition coefficient (Wildman–Crippen LogP) is 1.94. The van der Waals surface area contributed by atoms with Gasteiger partial charge in [0.2, 0.25) is 0 Å². The Labute approximate surface area is 107 Å². The average Bonchev–Trinajstić information content (AvgIpc) is 2.34. The van der Waals surface area contributed by atoms with E-state index in [4.69, 9.17) is 15.3 Å². The Kier molecular flexibility index (Phi) is 4.97. The molecule has 0 aliphatic carbocycles. The molecule has 5 nitrogen and oxygen atoms in total. The van der Waals surface area contributed by atoms with Gasteiger partial charge in [0.25, 0.3) is 5.91 Å². The second-order valence-corrected chi connectivity index (χ2v) is 4.37. The van der Waals surface area contributed by atoms with Crippen LogP contribution >= 0.6 is 0 Å². The fourth-order valence-corrected chi connectivity index (χ4v) is 1.66. The summed E-state index contributed by atoms with van der Waals surface area (Å²) in [5.74, 6) is 0.435. The van der Waals surface area contributed by atoms with E-state index in [1.807, 2.05) is 13.8 Å². The van der Waals surface area contributed by atoms with Gasteiger partial charge in [0.05, 0.1) is 32.0 Å². The molecule has 0 radical (unpaired) electrons. The first-order chi connectivity index (χ1) is 8.51. The van der Waals surface area contributed by atoms with Crippen LogP contribution in [-0.2, 0) is 4.84 Å². The molecule has 0 saturated heterocycles. The minimum absolute atomic E-state index is 0.254. The first-order valence-corrected chi connectivity index (χ1v) is 5.79. The lowest BCUT2D eigenvalue weighted by molar-refractivity contribution is -0.101. The molecule has 1 rings (SSSR count). The molecule has 100 valence electrons. The van der Waals surface area contributed by atoms with Gasteiger partial charge in [-0.15, -0.1) is 0 Å². The number of carbonyl (C=O) groups is 1. The number of methoxy groups -OCH3 is 1. The van der Waals surface area contributed by atoms with Gasteiger partial charge < -0.3 is 10.5 Å². The minimum atomic E-state index is -0.254. The molecule has 0 aliphatic heterocycles. The smallest absolute Gasteiger partial charge is 0.281 e. The number of para-hydroxylation sites is 1. The van der Waals surface area contributed by atoms with Crippen molar-refractivity contribution in [2.75, 3.05) is 26.5 Å². The molecule has 0 spiro atoms. The molecular weight excluding hydrogens is 232 g/mol. The van der Waals surface area contributed by atoms with E-state index in [0.29, 0.717) is 29.5 Å². The van der Waals surface area contributed by atoms with Gasteiger partial charge in [0.15, 0.2) is 5.75 Å². The van der Waals surface area contributed by atoms with E-state index in [-0.39, 0.29) is 5.91 Å². The van der Waals surface area contributed by atoms with Crippen molar-refractivity contribution in [3.8, 4) is 5.75 Å². The van der Waals surface area contributed by atoms with Gasteiger partial charge >= 0.3 is 0 Å². The number of anilines is 1. The second-order valence-electron chi connectivity index (χ2n) is 4.37. The Hall–Kier alpha value is -1.75. The summed E-state index contributed by atoms with van der Waals surface area (Å²) in [5.41, 5.74) is 6.61. The number of hydroxylamine groups is 2. The van der Waals surface area contributed by atoms with Crippen LogP contribution in [0.1, 0.15) is 24.2 Å². The summed E-state index contributed by atoms with van der Waals surface area (Å²) in [6.07, 6.45) is 0. The highest BCUT2D eigenvalue weighted by Crippen LogP contribution is 2.27. The summed E-state index contributed by atoms with van der Waals surface area (Å²) in [4.78, 5) is 17.4. The van der Waals surface area contributed by atoms with E-state index in [2.05, 4.69) is 0 Å². The normalized spacial score (nSPS) is 10.5. The highest BCUT2D eigenvalue weighted by Gasteiger charge is 2.21. The van der Waals surface area contributed by atoms with Gasteiger partial charge in [-0.05, 0) is 18.1 Å². The summed E-state index contributed by atoms with van der Waals surface area (Å²) < 4.78 is 5.17. The molecule has 1 aromatic rings. The molecular formula is C13H20N2O3. The Bertz CT molecular complexity index is 419. The average molecular weight is 252 g/mol. The quantitative estimate of drug-likeness (QED) is 0.642. The van der Waals surface area contributed by atoms with Gasteiger partial charge in [0, 0.05) is 0 Å². The van der Waals surface area contributed by atoms with Crippen molar-refractivity contribution in [2.24, 2.45) is 5.92 Å². The summed E-state index contributed by atoms with van der Waals surface area (Å²) in [6, 6.07) is 5.08. The highest BCUT2D eigenvalue weighted by molar-refractivity contribution is 5.98. The van der Waals surface area contributed by atoms with E-state index in [1.165, 1.54) is 19.3 Å². The van der Waals surface area contributed by atoms with Crippen molar-refractivity contribution in [2.45, 2.75) is 13.8 Å². The van der Waals surface area contributed by atoms with Gasteiger partial charge in [-0.25, -0.2) is 5.06 Å². The zero-order valence-electron chi connectivity index (χ0n) is 11.3. The first-order valence-electron chi connectivity index (χ1n) is 5.79. The fraction of sp³-hybridized carbons (Fsp3) is 0.462. The van der Waals surface area contributed by atoms with Crippen molar-refractivity contribution in [1.82, 2.24) is 5.06 Å². The SMILES string of the molecule is COc1c(N)cccc1C(=O)N(CC(C)C)OC. The largest absolute Gasteiger partial charge is 0.494 e. The molecule has 0 aromatic heterocycles. The van der Waals surface area contributed by atoms with Crippen LogP contribution in [0.4, 0.5) is 5.69 Å². The fourth-order valence-electron chi connectivity index (χ4n) is 1.66. The van der Waals surface area contributed by atoms with Crippen LogP contribution in [-0.4, -0.2) is 31.7 Å². The topological polar surface area (TPSA) is 64.8 Å². The number of hydrogen-bond donors (Lipinski definition) is 1. The first kappa shape index (κ1) is 14.3. The van der Waals surface area contributed by atoms with Crippen molar-refractivity contribution >= 4 is 11.6 Å². The number of nitrogen functional groups attached to an aromatic ring is 1. The molecule has 0 unspecified atom stereocenters. The molecule has 0 fully saturated rings. The number of carbonyl (C=O) groups excluding carboxylic acids is 1. The zero-order valence-corrected chi connectivity index (χ0v) is 11.3. The van der Waals surface area contributed by atoms with Crippen molar-refractivity contribution in [1.29, 1.82) is 0 Å². The maximum absolute atomic E-state index is 12.3. The molecule has 2 N–H and O–H groups in total. The van der Waals surface area contributed by atoms with Crippen LogP contribution < -0.4 is 10.5 Å². The van der Waals surface area contributed by atoms with E-state index in [1.54, 1.807) is 18.2 Å². The summed E-state index contributed by atoms with van der Waals surface area (Å²) >= 11 is 0. The number of benzene rings is 1. The molecule has 0 aliphatic rings. The molecule has 0 bridgehead atoms. The Morgan fingerprint density at radius 3 is 2.56 bits per heavy atom. The number of ether oxygens (including phenoxy) is 1. The van der Waals surface area contributed by atoms with E-state index >= 15 is 0 Å². The van der Waals surface area contributed by atoms with Crippen molar-refractivity contribution in [3.05, 3.63) is 23.8 Å². The number of amides is 1. The van der Waals surface area contributed by atoms with Crippen molar-refractivity contribution in [3.63, 3.8) is 0 Å². The summed E-state index contributed by atoms with van der Waals surface area (Å²) in [7, 11) is 2.96. The maximum atomic E-state index is 12.3. The predicted molar refractivity (Wildman–Crippen MR) is 70.3 cm³/mol. The number of nitrogens with two attached hydrogens (primary N) is 1. The number of rotatable bonds is 5. The van der Waals surface area contributed by atoms with Gasteiger partial charge in [0.1, 0.15) is 0 Å². The third kappa shape index (κ3) is 3.13. The zero-order chi connectivity index (χ0) is 13.7. The Morgan fingerprint density at radius 2 is 2.06 bits per heavy atom. The maximum Gasteiger partial charge on any atom is 0.281 e. The van der Waals surface area contributed by atoms with E-state index in [9.17, 15) is 4.79 Å². The van der Waals surface area contributed by atoms with Crippen LogP contribution in [0.2, 0.25) is 0 Å². The summed E-state index contributed by atoms with van der Waals surface area (Å²) in [6.45, 7) is 4.53. The molecule has 1 amide bonds. The molecule has 1 aromatic carbocycles. The number of hydrogen-bond acceptors (Lipinski definition) is 4. The molecule has 0 heterocycles. The molecule has 0 atom stereocenters. The Balaban J connectivity index is 3.05. The molecule has 5 heteroatoms. The van der Waals surface area contributed by atoms with Crippen LogP contribution in [0, 0.1) is 5.92 Å². The van der Waals surface area contributed by atoms with E-state index in [0.717, 1.165) is 0 Å². The van der Waals surface area contributed by atoms with E-state index < -0.39 is 0 Å². The summed E-state index contributed by atoms with van der Waals surface area (Å²) in [5, 5.41) is 1.31. The lowest BCUT2D eigenvalue weighted by Crippen LogP contribution is -2.33. The van der Waals surface area contributed by atoms with Gasteiger partial charge in [-0.2, -0.15) is 0 Å². The standard InChI is InChI=1S/C13H20N2O3/c1-9(2)8-15(18-4)13(16)10-6-5-7-11(14)12(10)17-3/h5-7,9H,8,14H2,1-4H3. The van der Waals surface area contributed by atoms with Crippen LogP contribution in [0.5, 0.6) is 5.75 Å². The number of nitrogens with zero attached hydrogens (tertiary/aromatic N) is 1. The highest BCUT2D eigenvalue weighted by atomic mass is 16.7. The minimum Gasteiger partial charge on any atom is -0.494 e. The van der Waals surface area contributed by atoms with Crippen molar-refractivity contribution < 1.29 is 14.4 Å². The lowest BCUT2D eigenvalue weighted by Gasteiger charge is -2.22.